The molecule has 15 nitrogen and oxygen atoms in total. The minimum Gasteiger partial charge on any atom is -0.494 e. The van der Waals surface area contributed by atoms with E-state index in [1.165, 1.54) is 26.0 Å². The van der Waals surface area contributed by atoms with E-state index in [4.69, 9.17) is 25.4 Å². The number of hydrogen-bond acceptors (Lipinski definition) is 13. The van der Waals surface area contributed by atoms with Gasteiger partial charge in [0.1, 0.15) is 16.8 Å². The topological polar surface area (TPSA) is 176 Å². The van der Waals surface area contributed by atoms with Crippen LogP contribution in [-0.4, -0.2) is 85.6 Å². The molecule has 2 fully saturated rings. The second-order valence-electron chi connectivity index (χ2n) is 15.1. The molecule has 2 saturated heterocycles. The molecule has 0 spiro atoms. The molecule has 1 aromatic heterocycles. The second-order valence-corrected chi connectivity index (χ2v) is 17.7. The summed E-state index contributed by atoms with van der Waals surface area (Å²) in [6.45, 7) is 3.25. The van der Waals surface area contributed by atoms with Crippen molar-refractivity contribution in [3.8, 4) is 5.75 Å². The molecule has 1 atom stereocenters. The number of fused-ring (bicyclic) bond motifs is 1. The summed E-state index contributed by atoms with van der Waals surface area (Å²) >= 11 is 6.47. The van der Waals surface area contributed by atoms with Crippen LogP contribution in [0.4, 0.5) is 28.8 Å². The standard InChI is InChI=1S/C43H52ClN8O7P/c1-57-37-25-30(16-17-34(37)48-43-46-26-33(44)40(50-43)47-35-14-7-8-15-38(35)60(56,58-2)59-3)51-23-20-29(21-24-51)45-22-9-5-4-6-11-28-12-10-13-31-32(28)27-52(42(31)55)36-18-19-39(53)49-41(36)54/h7-8,10,12-17,25-26,29,36,45H,4-6,9,11,18-24,27H2,1-3H3,(H,49,53,54)(H2,46,47,48,50). The van der Waals surface area contributed by atoms with Crippen molar-refractivity contribution in [3.63, 3.8) is 0 Å². The number of methoxy groups -OCH3 is 1. The van der Waals surface area contributed by atoms with Crippen LogP contribution in [0, 0.1) is 0 Å². The van der Waals surface area contributed by atoms with Crippen molar-refractivity contribution in [1.82, 2.24) is 25.5 Å². The highest BCUT2D eigenvalue weighted by Gasteiger charge is 2.39. The summed E-state index contributed by atoms with van der Waals surface area (Å²) in [4.78, 5) is 50.2. The summed E-state index contributed by atoms with van der Waals surface area (Å²) in [5.41, 5.74) is 5.11. The van der Waals surface area contributed by atoms with E-state index in [1.54, 1.807) is 36.3 Å². The Kier molecular flexibility index (Phi) is 14.0. The number of aryl methyl sites for hydroxylation is 1. The molecule has 4 heterocycles. The van der Waals surface area contributed by atoms with E-state index >= 15 is 0 Å². The number of imide groups is 1. The van der Waals surface area contributed by atoms with Crippen LogP contribution in [-0.2, 0) is 36.2 Å². The fourth-order valence-electron chi connectivity index (χ4n) is 8.16. The van der Waals surface area contributed by atoms with E-state index < -0.39 is 13.6 Å². The number of rotatable bonds is 18. The van der Waals surface area contributed by atoms with Gasteiger partial charge < -0.3 is 39.5 Å². The Labute approximate surface area is 355 Å². The van der Waals surface area contributed by atoms with Crippen molar-refractivity contribution in [1.29, 1.82) is 0 Å². The molecule has 0 radical (unpaired) electrons. The number of benzene rings is 3. The van der Waals surface area contributed by atoms with Crippen molar-refractivity contribution in [2.45, 2.75) is 76.4 Å². The number of aromatic nitrogens is 2. The van der Waals surface area contributed by atoms with Gasteiger partial charge in [-0.25, -0.2) is 4.98 Å². The Balaban J connectivity index is 0.842. The summed E-state index contributed by atoms with van der Waals surface area (Å²) < 4.78 is 29.4. The first kappa shape index (κ1) is 43.1. The highest BCUT2D eigenvalue weighted by molar-refractivity contribution is 7.62. The van der Waals surface area contributed by atoms with Gasteiger partial charge in [0, 0.05) is 63.6 Å². The highest BCUT2D eigenvalue weighted by Crippen LogP contribution is 2.47. The third kappa shape index (κ3) is 9.77. The molecule has 0 saturated carbocycles. The number of unbranched alkanes of at least 4 members (excludes halogenated alkanes) is 3. The van der Waals surface area contributed by atoms with E-state index in [9.17, 15) is 18.9 Å². The fourth-order valence-corrected chi connectivity index (χ4v) is 9.53. The summed E-state index contributed by atoms with van der Waals surface area (Å²) in [5.74, 6) is 0.462. The van der Waals surface area contributed by atoms with Crippen molar-refractivity contribution in [2.24, 2.45) is 0 Å². The Morgan fingerprint density at radius 3 is 2.45 bits per heavy atom. The molecule has 3 aliphatic rings. The molecule has 0 aliphatic carbocycles. The average Bonchev–Trinajstić information content (AvgIpc) is 3.60. The van der Waals surface area contributed by atoms with E-state index in [0.717, 1.165) is 75.8 Å². The molecule has 318 valence electrons. The van der Waals surface area contributed by atoms with E-state index in [0.29, 0.717) is 52.8 Å². The SMILES string of the molecule is COc1cc(N2CCC(NCCCCCCc3cccc4c3CN(C3CCC(=O)NC3=O)C4=O)CC2)ccc1Nc1ncc(Cl)c(Nc2ccccc2P(=O)(OC)OC)n1. The predicted molar refractivity (Wildman–Crippen MR) is 232 cm³/mol. The van der Waals surface area contributed by atoms with Gasteiger partial charge in [0.05, 0.1) is 30.0 Å². The summed E-state index contributed by atoms with van der Waals surface area (Å²) in [5, 5.41) is 13.2. The minimum absolute atomic E-state index is 0.121. The Morgan fingerprint density at radius 2 is 1.68 bits per heavy atom. The van der Waals surface area contributed by atoms with Crippen molar-refractivity contribution >= 4 is 71.1 Å². The quantitative estimate of drug-likeness (QED) is 0.0464. The van der Waals surface area contributed by atoms with Gasteiger partial charge >= 0.3 is 7.60 Å². The first-order valence-corrected chi connectivity index (χ1v) is 22.3. The number of para-hydroxylation sites is 1. The molecule has 3 amide bonds. The average molecular weight is 859 g/mol. The lowest BCUT2D eigenvalue weighted by molar-refractivity contribution is -0.136. The molecule has 4 N–H and O–H groups in total. The fraction of sp³-hybridized carbons (Fsp3) is 0.419. The number of carbonyl (C=O) groups is 3. The van der Waals surface area contributed by atoms with Gasteiger partial charge in [0.15, 0.2) is 5.82 Å². The van der Waals surface area contributed by atoms with Crippen LogP contribution in [0.25, 0.3) is 0 Å². The van der Waals surface area contributed by atoms with Gasteiger partial charge in [0.2, 0.25) is 17.8 Å². The van der Waals surface area contributed by atoms with Crippen molar-refractivity contribution in [2.75, 3.05) is 56.5 Å². The lowest BCUT2D eigenvalue weighted by atomic mass is 9.98. The number of nitrogens with zero attached hydrogens (tertiary/aromatic N) is 4. The van der Waals surface area contributed by atoms with Crippen LogP contribution >= 0.6 is 19.2 Å². The first-order chi connectivity index (χ1) is 29.1. The third-order valence-electron chi connectivity index (χ3n) is 11.5. The monoisotopic (exact) mass is 858 g/mol. The Morgan fingerprint density at radius 1 is 0.900 bits per heavy atom. The van der Waals surface area contributed by atoms with Crippen LogP contribution in [0.1, 0.15) is 72.9 Å². The number of ether oxygens (including phenoxy) is 1. The van der Waals surface area contributed by atoms with Gasteiger partial charge in [-0.2, -0.15) is 4.98 Å². The molecule has 7 rings (SSSR count). The number of amides is 3. The van der Waals surface area contributed by atoms with Crippen LogP contribution in [0.3, 0.4) is 0 Å². The zero-order chi connectivity index (χ0) is 42.2. The van der Waals surface area contributed by atoms with E-state index in [-0.39, 0.29) is 35.1 Å². The third-order valence-corrected chi connectivity index (χ3v) is 13.7. The number of anilines is 5. The lowest BCUT2D eigenvalue weighted by Crippen LogP contribution is -2.52. The Bertz CT molecular complexity index is 2250. The molecule has 17 heteroatoms. The van der Waals surface area contributed by atoms with Gasteiger partial charge in [-0.3, -0.25) is 24.3 Å². The first-order valence-electron chi connectivity index (χ1n) is 20.4. The minimum atomic E-state index is -3.56. The zero-order valence-electron chi connectivity index (χ0n) is 34.2. The summed E-state index contributed by atoms with van der Waals surface area (Å²) in [7, 11) is 0.738. The number of halogens is 1. The lowest BCUT2D eigenvalue weighted by Gasteiger charge is -2.34. The van der Waals surface area contributed by atoms with Gasteiger partial charge in [-0.05, 0) is 86.5 Å². The Hall–Kier alpha value is -5.05. The normalized spacial score (nSPS) is 17.1. The van der Waals surface area contributed by atoms with Crippen LogP contribution < -0.4 is 36.2 Å². The van der Waals surface area contributed by atoms with Crippen molar-refractivity contribution in [3.05, 3.63) is 88.6 Å². The van der Waals surface area contributed by atoms with Gasteiger partial charge in [-0.1, -0.05) is 48.7 Å². The molecule has 4 aromatic rings. The van der Waals surface area contributed by atoms with Crippen LogP contribution in [0.2, 0.25) is 5.02 Å². The van der Waals surface area contributed by atoms with Gasteiger partial charge in [-0.15, -0.1) is 0 Å². The smallest absolute Gasteiger partial charge is 0.362 e. The molecule has 3 aliphatic heterocycles. The summed E-state index contributed by atoms with van der Waals surface area (Å²) in [6, 6.07) is 18.7. The number of hydrogen-bond donors (Lipinski definition) is 4. The number of carbonyl (C=O) groups excluding carboxylic acids is 3. The van der Waals surface area contributed by atoms with Crippen LogP contribution in [0.15, 0.2) is 66.9 Å². The maximum Gasteiger partial charge on any atom is 0.362 e. The zero-order valence-corrected chi connectivity index (χ0v) is 35.8. The van der Waals surface area contributed by atoms with Gasteiger partial charge in [0.25, 0.3) is 5.91 Å². The van der Waals surface area contributed by atoms with E-state index in [1.807, 2.05) is 24.3 Å². The maximum atomic E-state index is 13.2. The maximum absolute atomic E-state index is 13.2. The highest BCUT2D eigenvalue weighted by atomic mass is 35.5. The largest absolute Gasteiger partial charge is 0.494 e. The second kappa shape index (κ2) is 19.6. The van der Waals surface area contributed by atoms with Crippen LogP contribution in [0.5, 0.6) is 5.75 Å². The van der Waals surface area contributed by atoms with Crippen molar-refractivity contribution < 1.29 is 32.7 Å². The molecule has 3 aromatic carbocycles. The molecule has 1 unspecified atom stereocenters. The number of nitrogens with one attached hydrogen (secondary N) is 4. The summed E-state index contributed by atoms with van der Waals surface area (Å²) in [6.07, 6.45) is 9.45. The molecule has 0 bridgehead atoms. The predicted octanol–water partition coefficient (Wildman–Crippen LogP) is 6.86. The number of piperidine rings is 2. The molecular formula is C43H52ClN8O7P. The van der Waals surface area contributed by atoms with E-state index in [2.05, 4.69) is 48.3 Å². The molecular weight excluding hydrogens is 807 g/mol. The molecule has 60 heavy (non-hydrogen) atoms.